The van der Waals surface area contributed by atoms with Crippen molar-refractivity contribution in [1.29, 1.82) is 5.26 Å². The van der Waals surface area contributed by atoms with Crippen molar-refractivity contribution in [2.45, 2.75) is 18.9 Å². The maximum absolute atomic E-state index is 9.22. The molecule has 0 aliphatic heterocycles. The van der Waals surface area contributed by atoms with E-state index in [1.54, 1.807) is 7.11 Å². The molecule has 0 radical (unpaired) electrons. The van der Waals surface area contributed by atoms with Crippen molar-refractivity contribution in [3.05, 3.63) is 28.7 Å². The fraction of sp³-hybridized carbons (Fsp3) is 0.417. The minimum Gasteiger partial charge on any atom is -0.381 e. The van der Waals surface area contributed by atoms with Gasteiger partial charge in [-0.05, 0) is 30.7 Å². The van der Waals surface area contributed by atoms with Crippen LogP contribution in [-0.4, -0.2) is 19.3 Å². The van der Waals surface area contributed by atoms with Crippen LogP contribution in [-0.2, 0) is 4.74 Å². The summed E-state index contributed by atoms with van der Waals surface area (Å²) in [5, 5.41) is 12.4. The third kappa shape index (κ3) is 3.22. The van der Waals surface area contributed by atoms with Crippen LogP contribution in [0.15, 0.2) is 28.7 Å². The first-order chi connectivity index (χ1) is 7.65. The number of halogens is 1. The zero-order valence-electron chi connectivity index (χ0n) is 9.46. The van der Waals surface area contributed by atoms with Crippen LogP contribution in [0.1, 0.15) is 13.3 Å². The Hall–Kier alpha value is -1.05. The molecule has 16 heavy (non-hydrogen) atoms. The highest BCUT2D eigenvalue weighted by Gasteiger charge is 2.27. The Morgan fingerprint density at radius 3 is 2.50 bits per heavy atom. The monoisotopic (exact) mass is 282 g/mol. The Balaban J connectivity index is 2.83. The van der Waals surface area contributed by atoms with Gasteiger partial charge in [-0.25, -0.2) is 0 Å². The molecule has 0 aliphatic rings. The summed E-state index contributed by atoms with van der Waals surface area (Å²) >= 11 is 3.37. The fourth-order valence-corrected chi connectivity index (χ4v) is 1.69. The quantitative estimate of drug-likeness (QED) is 0.902. The molecule has 3 nitrogen and oxygen atoms in total. The third-order valence-corrected chi connectivity index (χ3v) is 2.96. The molecule has 1 N–H and O–H groups in total. The fourth-order valence-electron chi connectivity index (χ4n) is 1.42. The Morgan fingerprint density at radius 1 is 1.44 bits per heavy atom. The van der Waals surface area contributed by atoms with E-state index in [1.165, 1.54) is 0 Å². The second-order valence-electron chi connectivity index (χ2n) is 3.61. The van der Waals surface area contributed by atoms with Crippen molar-refractivity contribution in [3.63, 3.8) is 0 Å². The van der Waals surface area contributed by atoms with Crippen molar-refractivity contribution in [2.75, 3.05) is 19.0 Å². The normalized spacial score (nSPS) is 13.9. The number of anilines is 1. The first kappa shape index (κ1) is 13.0. The lowest BCUT2D eigenvalue weighted by atomic mass is 9.99. The van der Waals surface area contributed by atoms with Crippen LogP contribution in [0.2, 0.25) is 0 Å². The number of hydrogen-bond donors (Lipinski definition) is 1. The number of nitriles is 1. The predicted molar refractivity (Wildman–Crippen MR) is 68.3 cm³/mol. The molecule has 1 rings (SSSR count). The first-order valence-electron chi connectivity index (χ1n) is 5.10. The van der Waals surface area contributed by atoms with Crippen LogP contribution in [0.3, 0.4) is 0 Å². The number of benzene rings is 1. The zero-order chi connectivity index (χ0) is 12.0. The van der Waals surface area contributed by atoms with Crippen LogP contribution in [0.4, 0.5) is 5.69 Å². The lowest BCUT2D eigenvalue weighted by Crippen LogP contribution is -2.40. The van der Waals surface area contributed by atoms with E-state index in [0.29, 0.717) is 13.0 Å². The third-order valence-electron chi connectivity index (χ3n) is 2.44. The van der Waals surface area contributed by atoms with Gasteiger partial charge in [0.2, 0.25) is 0 Å². The predicted octanol–water partition coefficient (Wildman–Crippen LogP) is 3.18. The summed E-state index contributed by atoms with van der Waals surface area (Å²) < 4.78 is 6.11. The molecule has 1 atom stereocenters. The highest BCUT2D eigenvalue weighted by atomic mass is 79.9. The molecule has 0 spiro atoms. The van der Waals surface area contributed by atoms with Gasteiger partial charge in [-0.15, -0.1) is 0 Å². The standard InChI is InChI=1S/C12H15BrN2O/c1-3-12(8-14,9-16-2)15-11-6-4-10(13)5-7-11/h4-7,15H,3,9H2,1-2H3. The Bertz CT molecular complexity index is 372. The number of ether oxygens (including phenoxy) is 1. The SMILES string of the molecule is CCC(C#N)(COC)Nc1ccc(Br)cc1. The highest BCUT2D eigenvalue weighted by molar-refractivity contribution is 9.10. The minimum absolute atomic E-state index is 0.371. The molecule has 4 heteroatoms. The molecule has 0 saturated heterocycles. The average Bonchev–Trinajstić information content (AvgIpc) is 2.31. The van der Waals surface area contributed by atoms with Gasteiger partial charge in [0.15, 0.2) is 0 Å². The molecule has 0 aliphatic carbocycles. The first-order valence-corrected chi connectivity index (χ1v) is 5.89. The molecule has 0 saturated carbocycles. The number of hydrogen-bond acceptors (Lipinski definition) is 3. The van der Waals surface area contributed by atoms with Gasteiger partial charge >= 0.3 is 0 Å². The Labute approximate surface area is 105 Å². The van der Waals surface area contributed by atoms with Gasteiger partial charge in [0.1, 0.15) is 5.54 Å². The summed E-state index contributed by atoms with van der Waals surface area (Å²) in [6.07, 6.45) is 0.688. The number of nitrogens with zero attached hydrogens (tertiary/aromatic N) is 1. The number of rotatable bonds is 5. The summed E-state index contributed by atoms with van der Waals surface area (Å²) in [5.41, 5.74) is 0.270. The molecular formula is C12H15BrN2O. The van der Waals surface area contributed by atoms with Gasteiger partial charge in [0, 0.05) is 17.3 Å². The Morgan fingerprint density at radius 2 is 2.06 bits per heavy atom. The van der Waals surface area contributed by atoms with Gasteiger partial charge < -0.3 is 10.1 Å². The molecule has 1 aromatic carbocycles. The summed E-state index contributed by atoms with van der Waals surface area (Å²) in [7, 11) is 1.60. The largest absolute Gasteiger partial charge is 0.381 e. The van der Waals surface area contributed by atoms with Gasteiger partial charge in [-0.3, -0.25) is 0 Å². The number of methoxy groups -OCH3 is 1. The van der Waals surface area contributed by atoms with Crippen molar-refractivity contribution in [3.8, 4) is 6.07 Å². The topological polar surface area (TPSA) is 45.0 Å². The molecular weight excluding hydrogens is 268 g/mol. The summed E-state index contributed by atoms with van der Waals surface area (Å²) in [6, 6.07) is 10.0. The summed E-state index contributed by atoms with van der Waals surface area (Å²) in [6.45, 7) is 2.34. The molecule has 1 unspecified atom stereocenters. The lowest BCUT2D eigenvalue weighted by molar-refractivity contribution is 0.162. The molecule has 0 aromatic heterocycles. The van der Waals surface area contributed by atoms with E-state index in [9.17, 15) is 5.26 Å². The van der Waals surface area contributed by atoms with Crippen molar-refractivity contribution >= 4 is 21.6 Å². The Kier molecular flexibility index (Phi) is 4.78. The van der Waals surface area contributed by atoms with E-state index < -0.39 is 5.54 Å². The van der Waals surface area contributed by atoms with Crippen LogP contribution in [0.5, 0.6) is 0 Å². The van der Waals surface area contributed by atoms with E-state index in [4.69, 9.17) is 4.74 Å². The van der Waals surface area contributed by atoms with Gasteiger partial charge in [-0.2, -0.15) is 5.26 Å². The molecule has 0 amide bonds. The van der Waals surface area contributed by atoms with Gasteiger partial charge in [0.05, 0.1) is 12.7 Å². The van der Waals surface area contributed by atoms with Gasteiger partial charge in [-0.1, -0.05) is 22.9 Å². The van der Waals surface area contributed by atoms with E-state index in [-0.39, 0.29) is 0 Å². The second kappa shape index (κ2) is 5.88. The van der Waals surface area contributed by atoms with Crippen molar-refractivity contribution in [2.24, 2.45) is 0 Å². The van der Waals surface area contributed by atoms with Crippen LogP contribution < -0.4 is 5.32 Å². The van der Waals surface area contributed by atoms with E-state index in [1.807, 2.05) is 31.2 Å². The molecule has 0 heterocycles. The highest BCUT2D eigenvalue weighted by Crippen LogP contribution is 2.20. The molecule has 0 fully saturated rings. The second-order valence-corrected chi connectivity index (χ2v) is 4.53. The van der Waals surface area contributed by atoms with Crippen LogP contribution in [0, 0.1) is 11.3 Å². The molecule has 1 aromatic rings. The van der Waals surface area contributed by atoms with Crippen molar-refractivity contribution in [1.82, 2.24) is 0 Å². The maximum Gasteiger partial charge on any atom is 0.148 e. The molecule has 86 valence electrons. The molecule has 0 bridgehead atoms. The summed E-state index contributed by atoms with van der Waals surface area (Å²) in [4.78, 5) is 0. The average molecular weight is 283 g/mol. The number of nitrogens with one attached hydrogen (secondary N) is 1. The van der Waals surface area contributed by atoms with Crippen molar-refractivity contribution < 1.29 is 4.74 Å². The van der Waals surface area contributed by atoms with E-state index in [0.717, 1.165) is 10.2 Å². The maximum atomic E-state index is 9.22. The lowest BCUT2D eigenvalue weighted by Gasteiger charge is -2.26. The van der Waals surface area contributed by atoms with Gasteiger partial charge in [0.25, 0.3) is 0 Å². The summed E-state index contributed by atoms with van der Waals surface area (Å²) in [5.74, 6) is 0. The van der Waals surface area contributed by atoms with Crippen LogP contribution >= 0.6 is 15.9 Å². The van der Waals surface area contributed by atoms with E-state index >= 15 is 0 Å². The zero-order valence-corrected chi connectivity index (χ0v) is 11.0. The minimum atomic E-state index is -0.650. The smallest absolute Gasteiger partial charge is 0.148 e. The van der Waals surface area contributed by atoms with E-state index in [2.05, 4.69) is 27.3 Å². The van der Waals surface area contributed by atoms with Crippen LogP contribution in [0.25, 0.3) is 0 Å².